The summed E-state index contributed by atoms with van der Waals surface area (Å²) >= 11 is 5.82. The number of nitrogens with zero attached hydrogens (tertiary/aromatic N) is 1. The van der Waals surface area contributed by atoms with E-state index >= 15 is 0 Å². The Hall–Kier alpha value is -2.75. The van der Waals surface area contributed by atoms with E-state index in [1.54, 1.807) is 44.2 Å². The highest BCUT2D eigenvalue weighted by molar-refractivity contribution is 8.09. The summed E-state index contributed by atoms with van der Waals surface area (Å²) in [6.07, 6.45) is 4.11. The summed E-state index contributed by atoms with van der Waals surface area (Å²) in [6.45, 7) is 7.30. The first-order valence-corrected chi connectivity index (χ1v) is 15.4. The van der Waals surface area contributed by atoms with E-state index in [2.05, 4.69) is 22.9 Å². The molecule has 6 atom stereocenters. The lowest BCUT2D eigenvalue weighted by molar-refractivity contribution is -0.150. The number of carbonyl (C=O) groups excluding carboxylic acids is 2. The fraction of sp³-hybridized carbons (Fsp3) is 0.481. The zero-order valence-electron chi connectivity index (χ0n) is 22.9. The molecule has 1 aromatic carbocycles. The van der Waals surface area contributed by atoms with Crippen LogP contribution in [0.15, 0.2) is 55.0 Å². The molecule has 11 nitrogen and oxygen atoms in total. The largest absolute Gasteiger partial charge is 0.462 e. The minimum Gasteiger partial charge on any atom is -0.462 e. The molecule has 40 heavy (non-hydrogen) atoms. The minimum atomic E-state index is -3.50. The van der Waals surface area contributed by atoms with E-state index in [-0.39, 0.29) is 24.4 Å². The molecule has 2 aliphatic heterocycles. The second-order valence-electron chi connectivity index (χ2n) is 10.1. The van der Waals surface area contributed by atoms with Crippen LogP contribution in [0.2, 0.25) is 0 Å². The van der Waals surface area contributed by atoms with Crippen LogP contribution >= 0.6 is 6.64 Å². The van der Waals surface area contributed by atoms with Crippen LogP contribution in [0.25, 0.3) is 0 Å². The van der Waals surface area contributed by atoms with E-state index in [1.165, 1.54) is 17.2 Å². The number of ether oxygens (including phenoxy) is 2. The summed E-state index contributed by atoms with van der Waals surface area (Å²) in [7, 11) is 0. The predicted octanol–water partition coefficient (Wildman–Crippen LogP) is 2.13. The van der Waals surface area contributed by atoms with Crippen LogP contribution < -0.4 is 14.9 Å². The third kappa shape index (κ3) is 7.71. The third-order valence-electron chi connectivity index (χ3n) is 5.97. The maximum Gasteiger partial charge on any atom is 0.323 e. The molecule has 0 aliphatic carbocycles. The number of benzene rings is 1. The Bertz CT molecular complexity index is 1200. The number of nitrogens with one attached hydrogen (secondary N) is 2. The first-order valence-electron chi connectivity index (χ1n) is 12.8. The van der Waals surface area contributed by atoms with Crippen molar-refractivity contribution in [3.8, 4) is 18.1 Å². The lowest BCUT2D eigenvalue weighted by Crippen LogP contribution is -2.54. The molecule has 1 aromatic rings. The van der Waals surface area contributed by atoms with Gasteiger partial charge in [-0.1, -0.05) is 44.5 Å². The number of para-hydroxylation sites is 1. The van der Waals surface area contributed by atoms with E-state index in [9.17, 15) is 19.8 Å². The quantitative estimate of drug-likeness (QED) is 0.161. The summed E-state index contributed by atoms with van der Waals surface area (Å²) in [5, 5.41) is 27.7. The maximum atomic E-state index is 12.9. The molecule has 0 aromatic heterocycles. The molecule has 1 unspecified atom stereocenters. The van der Waals surface area contributed by atoms with E-state index in [1.807, 2.05) is 13.8 Å². The fourth-order valence-corrected chi connectivity index (χ4v) is 6.44. The van der Waals surface area contributed by atoms with Crippen molar-refractivity contribution < 1.29 is 38.3 Å². The van der Waals surface area contributed by atoms with Gasteiger partial charge in [0.05, 0.1) is 12.7 Å². The molecule has 218 valence electrons. The van der Waals surface area contributed by atoms with Crippen LogP contribution in [0.4, 0.5) is 0 Å². The van der Waals surface area contributed by atoms with Crippen molar-refractivity contribution in [1.29, 1.82) is 0 Å². The zero-order chi connectivity index (χ0) is 29.7. The second kappa shape index (κ2) is 13.3. The monoisotopic (exact) mass is 593 g/mol. The second-order valence-corrected chi connectivity index (χ2v) is 13.2. The van der Waals surface area contributed by atoms with Gasteiger partial charge in [0.2, 0.25) is 0 Å². The molecule has 1 fully saturated rings. The molecule has 0 radical (unpaired) electrons. The topological polar surface area (TPSA) is 139 Å². The van der Waals surface area contributed by atoms with E-state index < -0.39 is 48.6 Å². The lowest BCUT2D eigenvalue weighted by Gasteiger charge is -2.36. The van der Waals surface area contributed by atoms with Crippen molar-refractivity contribution in [1.82, 2.24) is 15.3 Å². The lowest BCUT2D eigenvalue weighted by atomic mass is 9.94. The number of aliphatic hydroxyl groups is 2. The number of aliphatic hydroxyl groups excluding tert-OH is 1. The number of esters is 1. The molecular formula is C27H36N3O8PS. The SMILES string of the molecule is C#C[C@@]1(O)[C@H](O)[C@@H](COP(=S)(N[C@@H](CC(C)C)C(=O)OC(C)C)Oc2ccccc2)O[C@H]1N1C=CC(=O)NC1=C. The average Bonchev–Trinajstić information content (AvgIpc) is 3.12. The molecule has 1 saturated heterocycles. The van der Waals surface area contributed by atoms with Gasteiger partial charge in [-0.25, -0.2) is 5.09 Å². The van der Waals surface area contributed by atoms with Crippen molar-refractivity contribution in [3.63, 3.8) is 0 Å². The van der Waals surface area contributed by atoms with Crippen molar-refractivity contribution in [2.75, 3.05) is 6.61 Å². The predicted molar refractivity (Wildman–Crippen MR) is 152 cm³/mol. The number of terminal acetylenes is 1. The molecule has 4 N–H and O–H groups in total. The molecule has 3 rings (SSSR count). The maximum absolute atomic E-state index is 12.9. The first-order chi connectivity index (χ1) is 18.8. The minimum absolute atomic E-state index is 0.0966. The average molecular weight is 594 g/mol. The number of carbonyl (C=O) groups is 2. The summed E-state index contributed by atoms with van der Waals surface area (Å²) < 4.78 is 23.5. The highest BCUT2D eigenvalue weighted by atomic mass is 32.5. The Balaban J connectivity index is 1.86. The zero-order valence-corrected chi connectivity index (χ0v) is 24.6. The molecule has 0 saturated carbocycles. The van der Waals surface area contributed by atoms with Gasteiger partial charge in [-0.15, -0.1) is 6.42 Å². The van der Waals surface area contributed by atoms with Gasteiger partial charge < -0.3 is 39.0 Å². The van der Waals surface area contributed by atoms with Crippen LogP contribution in [0.5, 0.6) is 5.75 Å². The molecule has 2 heterocycles. The van der Waals surface area contributed by atoms with Gasteiger partial charge in [0.1, 0.15) is 29.8 Å². The fourth-order valence-electron chi connectivity index (χ4n) is 4.10. The molecule has 0 spiro atoms. The van der Waals surface area contributed by atoms with Gasteiger partial charge in [0.25, 0.3) is 5.91 Å². The smallest absolute Gasteiger partial charge is 0.323 e. The van der Waals surface area contributed by atoms with E-state index in [0.29, 0.717) is 12.2 Å². The Morgan fingerprint density at radius 1 is 1.35 bits per heavy atom. The van der Waals surface area contributed by atoms with Crippen LogP contribution in [0.1, 0.15) is 34.1 Å². The van der Waals surface area contributed by atoms with Gasteiger partial charge in [0.15, 0.2) is 11.8 Å². The van der Waals surface area contributed by atoms with E-state index in [4.69, 9.17) is 36.8 Å². The molecule has 2 aliphatic rings. The summed E-state index contributed by atoms with van der Waals surface area (Å²) in [5.74, 6) is 1.87. The summed E-state index contributed by atoms with van der Waals surface area (Å²) in [4.78, 5) is 25.9. The van der Waals surface area contributed by atoms with Crippen LogP contribution in [0, 0.1) is 18.3 Å². The van der Waals surface area contributed by atoms with Crippen LogP contribution in [0.3, 0.4) is 0 Å². The van der Waals surface area contributed by atoms with Crippen molar-refractivity contribution >= 4 is 30.3 Å². The third-order valence-corrected chi connectivity index (χ3v) is 8.39. The number of hydrogen-bond donors (Lipinski definition) is 4. The Kier molecular flexibility index (Phi) is 10.5. The Labute approximate surface area is 239 Å². The molecular weight excluding hydrogens is 557 g/mol. The highest BCUT2D eigenvalue weighted by Crippen LogP contribution is 2.47. The van der Waals surface area contributed by atoms with Gasteiger partial charge >= 0.3 is 12.6 Å². The first kappa shape index (κ1) is 31.8. The number of hydrogen-bond acceptors (Lipinski definition) is 10. The Morgan fingerprint density at radius 3 is 2.60 bits per heavy atom. The normalized spacial score (nSPS) is 26.8. The van der Waals surface area contributed by atoms with E-state index in [0.717, 1.165) is 0 Å². The molecule has 0 bridgehead atoms. The summed E-state index contributed by atoms with van der Waals surface area (Å²) in [6, 6.07) is 7.85. The van der Waals surface area contributed by atoms with Crippen molar-refractivity contribution in [2.24, 2.45) is 5.92 Å². The molecule has 1 amide bonds. The summed E-state index contributed by atoms with van der Waals surface area (Å²) in [5.41, 5.74) is -2.19. The van der Waals surface area contributed by atoms with Crippen molar-refractivity contribution in [3.05, 3.63) is 55.0 Å². The van der Waals surface area contributed by atoms with Gasteiger partial charge in [-0.2, -0.15) is 0 Å². The van der Waals surface area contributed by atoms with Gasteiger partial charge in [-0.3, -0.25) is 9.59 Å². The van der Waals surface area contributed by atoms with Gasteiger partial charge in [-0.05, 0) is 50.1 Å². The molecule has 13 heteroatoms. The van der Waals surface area contributed by atoms with Gasteiger partial charge in [0, 0.05) is 12.3 Å². The number of rotatable bonds is 12. The van der Waals surface area contributed by atoms with Crippen LogP contribution in [-0.4, -0.2) is 69.8 Å². The van der Waals surface area contributed by atoms with Crippen LogP contribution in [-0.2, 0) is 35.4 Å². The Morgan fingerprint density at radius 2 is 2.02 bits per heavy atom. The highest BCUT2D eigenvalue weighted by Gasteiger charge is 2.57. The number of amides is 1. The van der Waals surface area contributed by atoms with Crippen molar-refractivity contribution in [2.45, 2.75) is 70.3 Å². The standard InChI is InChI=1S/C27H36N3O8PS/c1-7-27(34)24(32)22(37-26(27)30-14-13-23(31)28-19(30)6)16-35-39(40,38-20-11-9-8-10-12-20)29-21(15-17(2)3)25(33)36-18(4)5/h1,8-14,17-18,21-22,24,26,32,34H,6,15-16H2,2-5H3,(H,28,31)(H,29,40)/t21-,22+,24+,26+,27+,39?/m0/s1.